The van der Waals surface area contributed by atoms with Gasteiger partial charge in [0, 0.05) is 37.4 Å². The molecule has 2 aliphatic rings. The quantitative estimate of drug-likeness (QED) is 0.543. The molecule has 34 heavy (non-hydrogen) atoms. The average Bonchev–Trinajstić information content (AvgIpc) is 2.86. The Morgan fingerprint density at radius 2 is 1.68 bits per heavy atom. The van der Waals surface area contributed by atoms with Crippen LogP contribution in [0.15, 0.2) is 24.3 Å². The molecule has 0 bridgehead atoms. The first kappa shape index (κ1) is 23.7. The predicted octanol–water partition coefficient (Wildman–Crippen LogP) is 1.45. The number of nitrogens with zero attached hydrogens (tertiary/aromatic N) is 4. The number of aromatic carboxylic acids is 1. The minimum atomic E-state index is -1.19. The van der Waals surface area contributed by atoms with E-state index < -0.39 is 5.97 Å². The average molecular weight is 473 g/mol. The van der Waals surface area contributed by atoms with E-state index in [1.165, 1.54) is 0 Å². The molecule has 2 aromatic rings. The Morgan fingerprint density at radius 3 is 2.29 bits per heavy atom. The Bertz CT molecular complexity index is 1010. The van der Waals surface area contributed by atoms with Crippen LogP contribution in [0.25, 0.3) is 11.4 Å². The van der Waals surface area contributed by atoms with E-state index in [4.69, 9.17) is 14.2 Å². The number of anilines is 2. The molecule has 3 heterocycles. The lowest BCUT2D eigenvalue weighted by atomic mass is 10.2. The van der Waals surface area contributed by atoms with E-state index in [2.05, 4.69) is 20.7 Å². The zero-order chi connectivity index (χ0) is 23.9. The summed E-state index contributed by atoms with van der Waals surface area (Å²) in [7, 11) is 0. The van der Waals surface area contributed by atoms with Gasteiger partial charge in [-0.25, -0.2) is 24.6 Å². The summed E-state index contributed by atoms with van der Waals surface area (Å²) in [4.78, 5) is 35.1. The van der Waals surface area contributed by atoms with Crippen LogP contribution in [-0.2, 0) is 9.47 Å². The van der Waals surface area contributed by atoms with Gasteiger partial charge in [0.1, 0.15) is 0 Å². The van der Waals surface area contributed by atoms with E-state index in [0.29, 0.717) is 69.7 Å². The molecule has 0 atom stereocenters. The standard InChI is InChI=1S/C22H28N6O6/c1-2-34-18-17(21(29)30)24-19(25-20(18)27-7-11-32-12-8-27)15-3-5-16(6-4-15)23-22(31)26-28-9-13-33-14-10-28/h3-6H,2,7-14H2,1H3,(H,29,30)(H2,23,26,31). The Labute approximate surface area is 196 Å². The van der Waals surface area contributed by atoms with Crippen molar-refractivity contribution in [1.29, 1.82) is 0 Å². The molecule has 1 aromatic heterocycles. The first-order valence-electron chi connectivity index (χ1n) is 11.2. The zero-order valence-corrected chi connectivity index (χ0v) is 19.0. The van der Waals surface area contributed by atoms with Crippen LogP contribution in [0.3, 0.4) is 0 Å². The van der Waals surface area contributed by atoms with Crippen molar-refractivity contribution in [3.05, 3.63) is 30.0 Å². The first-order chi connectivity index (χ1) is 16.5. The molecule has 12 heteroatoms. The lowest BCUT2D eigenvalue weighted by molar-refractivity contribution is 0.0207. The second-order valence-electron chi connectivity index (χ2n) is 7.63. The van der Waals surface area contributed by atoms with Gasteiger partial charge in [-0.3, -0.25) is 5.43 Å². The fourth-order valence-electron chi connectivity index (χ4n) is 3.66. The molecule has 2 aliphatic heterocycles. The number of carboxylic acid groups (broad SMARTS) is 1. The first-order valence-corrected chi connectivity index (χ1v) is 11.2. The van der Waals surface area contributed by atoms with Crippen molar-refractivity contribution in [2.45, 2.75) is 6.92 Å². The number of urea groups is 1. The van der Waals surface area contributed by atoms with E-state index in [9.17, 15) is 14.7 Å². The molecular weight excluding hydrogens is 444 g/mol. The zero-order valence-electron chi connectivity index (χ0n) is 19.0. The van der Waals surface area contributed by atoms with E-state index in [1.807, 2.05) is 4.90 Å². The maximum absolute atomic E-state index is 12.2. The SMILES string of the molecule is CCOc1c(C(=O)O)nc(-c2ccc(NC(=O)NN3CCOCC3)cc2)nc1N1CCOCC1. The van der Waals surface area contributed by atoms with Crippen molar-refractivity contribution >= 4 is 23.5 Å². The molecule has 12 nitrogen and oxygen atoms in total. The van der Waals surface area contributed by atoms with E-state index in [0.717, 1.165) is 0 Å². The molecule has 182 valence electrons. The van der Waals surface area contributed by atoms with Gasteiger partial charge in [-0.2, -0.15) is 0 Å². The van der Waals surface area contributed by atoms with Crippen LogP contribution in [0.5, 0.6) is 5.75 Å². The number of aromatic nitrogens is 2. The number of nitrogens with one attached hydrogen (secondary N) is 2. The van der Waals surface area contributed by atoms with E-state index in [-0.39, 0.29) is 29.9 Å². The molecule has 0 radical (unpaired) electrons. The molecule has 2 saturated heterocycles. The van der Waals surface area contributed by atoms with Gasteiger partial charge < -0.3 is 29.5 Å². The fraction of sp³-hybridized carbons (Fsp3) is 0.455. The number of hydrogen-bond donors (Lipinski definition) is 3. The van der Waals surface area contributed by atoms with Crippen LogP contribution in [0.4, 0.5) is 16.3 Å². The predicted molar refractivity (Wildman–Crippen MR) is 123 cm³/mol. The number of amides is 2. The Hall–Kier alpha value is -3.48. The van der Waals surface area contributed by atoms with Gasteiger partial charge in [0.2, 0.25) is 0 Å². The Morgan fingerprint density at radius 1 is 1.03 bits per heavy atom. The highest BCUT2D eigenvalue weighted by Crippen LogP contribution is 2.33. The van der Waals surface area contributed by atoms with Crippen LogP contribution < -0.4 is 20.4 Å². The number of hydrogen-bond acceptors (Lipinski definition) is 9. The van der Waals surface area contributed by atoms with Gasteiger partial charge in [-0.15, -0.1) is 0 Å². The largest absolute Gasteiger partial charge is 0.488 e. The normalized spacial score (nSPS) is 16.7. The molecular formula is C22H28N6O6. The number of carboxylic acids is 1. The van der Waals surface area contributed by atoms with Crippen LogP contribution in [0, 0.1) is 0 Å². The molecule has 1 aromatic carbocycles. The van der Waals surface area contributed by atoms with Gasteiger partial charge in [-0.1, -0.05) is 0 Å². The third-order valence-corrected chi connectivity index (χ3v) is 5.32. The molecule has 2 fully saturated rings. The number of morpholine rings is 2. The number of carbonyl (C=O) groups excluding carboxylic acids is 1. The summed E-state index contributed by atoms with van der Waals surface area (Å²) in [6, 6.07) is 6.53. The molecule has 0 spiro atoms. The van der Waals surface area contributed by atoms with Gasteiger partial charge in [-0.05, 0) is 31.2 Å². The van der Waals surface area contributed by atoms with Crippen LogP contribution >= 0.6 is 0 Å². The van der Waals surface area contributed by atoms with Crippen molar-refractivity contribution in [2.24, 2.45) is 0 Å². The highest BCUT2D eigenvalue weighted by atomic mass is 16.5. The minimum Gasteiger partial charge on any atom is -0.488 e. The molecule has 4 rings (SSSR count). The second-order valence-corrected chi connectivity index (χ2v) is 7.63. The maximum Gasteiger partial charge on any atom is 0.358 e. The van der Waals surface area contributed by atoms with Crippen molar-refractivity contribution in [3.8, 4) is 17.1 Å². The summed E-state index contributed by atoms with van der Waals surface area (Å²) in [5.41, 5.74) is 3.77. The molecule has 0 unspecified atom stereocenters. The summed E-state index contributed by atoms with van der Waals surface area (Å²) in [6.07, 6.45) is 0. The van der Waals surface area contributed by atoms with Crippen LogP contribution in [0.2, 0.25) is 0 Å². The topological polar surface area (TPSA) is 138 Å². The summed E-state index contributed by atoms with van der Waals surface area (Å²) in [5.74, 6) is -0.357. The van der Waals surface area contributed by atoms with Crippen molar-refractivity contribution < 1.29 is 28.9 Å². The van der Waals surface area contributed by atoms with Crippen molar-refractivity contribution in [2.75, 3.05) is 69.4 Å². The summed E-state index contributed by atoms with van der Waals surface area (Å²) >= 11 is 0. The summed E-state index contributed by atoms with van der Waals surface area (Å²) in [6.45, 7) is 6.62. The number of hydrazine groups is 1. The van der Waals surface area contributed by atoms with Gasteiger partial charge in [0.15, 0.2) is 23.1 Å². The Kier molecular flexibility index (Phi) is 7.72. The van der Waals surface area contributed by atoms with Crippen molar-refractivity contribution in [1.82, 2.24) is 20.4 Å². The fourth-order valence-corrected chi connectivity index (χ4v) is 3.66. The lowest BCUT2D eigenvalue weighted by Crippen LogP contribution is -2.49. The van der Waals surface area contributed by atoms with E-state index >= 15 is 0 Å². The highest BCUT2D eigenvalue weighted by molar-refractivity contribution is 5.92. The minimum absolute atomic E-state index is 0.152. The monoisotopic (exact) mass is 472 g/mol. The summed E-state index contributed by atoms with van der Waals surface area (Å²) in [5, 5.41) is 14.4. The summed E-state index contributed by atoms with van der Waals surface area (Å²) < 4.78 is 16.3. The highest BCUT2D eigenvalue weighted by Gasteiger charge is 2.26. The molecule has 0 aliphatic carbocycles. The third kappa shape index (κ3) is 5.71. The lowest BCUT2D eigenvalue weighted by Gasteiger charge is -2.29. The Balaban J connectivity index is 1.56. The third-order valence-electron chi connectivity index (χ3n) is 5.32. The van der Waals surface area contributed by atoms with Crippen LogP contribution in [-0.4, -0.2) is 91.3 Å². The van der Waals surface area contributed by atoms with Crippen LogP contribution in [0.1, 0.15) is 17.4 Å². The molecule has 0 saturated carbocycles. The van der Waals surface area contributed by atoms with E-state index in [1.54, 1.807) is 36.2 Å². The molecule has 2 amide bonds. The number of carbonyl (C=O) groups is 2. The molecule has 3 N–H and O–H groups in total. The van der Waals surface area contributed by atoms with Gasteiger partial charge in [0.25, 0.3) is 0 Å². The second kappa shape index (κ2) is 11.1. The smallest absolute Gasteiger partial charge is 0.358 e. The van der Waals surface area contributed by atoms with Crippen molar-refractivity contribution in [3.63, 3.8) is 0 Å². The number of benzene rings is 1. The van der Waals surface area contributed by atoms with Gasteiger partial charge >= 0.3 is 12.0 Å². The maximum atomic E-state index is 12.2. The van der Waals surface area contributed by atoms with Gasteiger partial charge in [0.05, 0.1) is 33.0 Å². The number of rotatable bonds is 7. The number of ether oxygens (including phenoxy) is 3.